The van der Waals surface area contributed by atoms with Crippen molar-refractivity contribution < 1.29 is 1.43 Å². The molecule has 34 valence electrons. The minimum Gasteiger partial charge on any atom is -1.00 e. The zero-order chi connectivity index (χ0) is 4.50. The summed E-state index contributed by atoms with van der Waals surface area (Å²) >= 11 is 0.556. The quantitative estimate of drug-likeness (QED) is 0.300. The summed E-state index contributed by atoms with van der Waals surface area (Å²) in [6.45, 7) is 1.83. The van der Waals surface area contributed by atoms with Gasteiger partial charge in [-0.2, -0.15) is 0 Å². The standard InChI is InChI=1S/C2H10GeN2.H/c1-2(3,4)5;/h4-5H2,1,3H3;/q;-1. The molecule has 0 saturated carbocycles. The maximum atomic E-state index is 5.22. The predicted octanol–water partition coefficient (Wildman–Crippen LogP) is -1.94. The predicted molar refractivity (Wildman–Crippen MR) is 27.8 cm³/mol. The molecular formula is C2H11GeN2-. The molecule has 0 rings (SSSR count). The van der Waals surface area contributed by atoms with Gasteiger partial charge in [-0.25, -0.2) is 0 Å². The van der Waals surface area contributed by atoms with Gasteiger partial charge in [-0.1, -0.05) is 0 Å². The zero-order valence-corrected chi connectivity index (χ0v) is 7.85. The Morgan fingerprint density at radius 2 is 1.80 bits per heavy atom. The van der Waals surface area contributed by atoms with Crippen LogP contribution in [0.25, 0.3) is 0 Å². The van der Waals surface area contributed by atoms with E-state index in [1.807, 2.05) is 6.92 Å². The van der Waals surface area contributed by atoms with E-state index in [4.69, 9.17) is 11.5 Å². The van der Waals surface area contributed by atoms with Crippen LogP contribution in [0.5, 0.6) is 0 Å². The Labute approximate surface area is 41.6 Å². The van der Waals surface area contributed by atoms with E-state index in [-0.39, 0.29) is 5.92 Å². The number of hydrogen-bond acceptors (Lipinski definition) is 2. The van der Waals surface area contributed by atoms with Crippen LogP contribution in [0.1, 0.15) is 8.35 Å². The molecule has 3 heteroatoms. The number of rotatable bonds is 0. The largest absolute Gasteiger partial charge is 1.00 e. The summed E-state index contributed by atoms with van der Waals surface area (Å²) < 4.78 is -0.312. The summed E-state index contributed by atoms with van der Waals surface area (Å²) in [7, 11) is 0. The first kappa shape index (κ1) is 5.46. The van der Waals surface area contributed by atoms with E-state index >= 15 is 0 Å². The summed E-state index contributed by atoms with van der Waals surface area (Å²) in [6.07, 6.45) is 0. The van der Waals surface area contributed by atoms with Crippen LogP contribution in [0.4, 0.5) is 0 Å². The average molecular weight is 136 g/mol. The fourth-order valence-electron chi connectivity index (χ4n) is 0. The molecule has 0 radical (unpaired) electrons. The van der Waals surface area contributed by atoms with Gasteiger partial charge in [-0.05, 0) is 0 Å². The van der Waals surface area contributed by atoms with Crippen molar-refractivity contribution in [3.8, 4) is 0 Å². The summed E-state index contributed by atoms with van der Waals surface area (Å²) in [4.78, 5) is 0. The van der Waals surface area contributed by atoms with Crippen molar-refractivity contribution in [2.24, 2.45) is 11.5 Å². The maximum Gasteiger partial charge on any atom is -1.00 e. The topological polar surface area (TPSA) is 52.0 Å². The zero-order valence-electron chi connectivity index (χ0n) is 4.65. The van der Waals surface area contributed by atoms with E-state index in [1.54, 1.807) is 0 Å². The fourth-order valence-corrected chi connectivity index (χ4v) is 0. The van der Waals surface area contributed by atoms with Gasteiger partial charge in [0.25, 0.3) is 0 Å². The third-order valence-electron chi connectivity index (χ3n) is 0. The van der Waals surface area contributed by atoms with E-state index in [9.17, 15) is 0 Å². The van der Waals surface area contributed by atoms with Crippen molar-refractivity contribution in [3.05, 3.63) is 0 Å². The molecule has 0 aliphatic carbocycles. The molecule has 4 N–H and O–H groups in total. The summed E-state index contributed by atoms with van der Waals surface area (Å²) in [5.41, 5.74) is 10.4. The van der Waals surface area contributed by atoms with Crippen LogP contribution in [-0.2, 0) is 0 Å². The van der Waals surface area contributed by atoms with Crippen LogP contribution in [0.2, 0.25) is 0 Å². The van der Waals surface area contributed by atoms with Crippen LogP contribution in [0.3, 0.4) is 0 Å². The van der Waals surface area contributed by atoms with Crippen LogP contribution in [-0.4, -0.2) is 21.0 Å². The Bertz CT molecular complexity index is 27.0. The normalized spacial score (nSPS) is 12.6. The SMILES string of the molecule is C[C](N)(N)[GeH3].[H-]. The molecule has 0 amide bonds. The first-order chi connectivity index (χ1) is 2.00. The monoisotopic (exact) mass is 137 g/mol. The smallest absolute Gasteiger partial charge is 1.00 e. The molecule has 0 heterocycles. The van der Waals surface area contributed by atoms with Gasteiger partial charge in [0.1, 0.15) is 0 Å². The summed E-state index contributed by atoms with van der Waals surface area (Å²) in [5, 5.41) is 0. The average Bonchev–Trinajstić information content (AvgIpc) is 0.722. The Morgan fingerprint density at radius 1 is 1.80 bits per heavy atom. The van der Waals surface area contributed by atoms with Crippen molar-refractivity contribution in [2.75, 3.05) is 0 Å². The Balaban J connectivity index is 0. The summed E-state index contributed by atoms with van der Waals surface area (Å²) in [6, 6.07) is 0. The van der Waals surface area contributed by atoms with Gasteiger partial charge in [-0.15, -0.1) is 0 Å². The van der Waals surface area contributed by atoms with Crippen LogP contribution in [0.15, 0.2) is 0 Å². The molecule has 0 aromatic heterocycles. The van der Waals surface area contributed by atoms with Crippen LogP contribution < -0.4 is 11.5 Å². The molecule has 0 aliphatic heterocycles. The van der Waals surface area contributed by atoms with Crippen molar-refractivity contribution >= 4 is 16.5 Å². The van der Waals surface area contributed by atoms with Crippen LogP contribution >= 0.6 is 0 Å². The molecule has 0 fully saturated rings. The van der Waals surface area contributed by atoms with Crippen LogP contribution in [0, 0.1) is 0 Å². The van der Waals surface area contributed by atoms with Gasteiger partial charge < -0.3 is 1.43 Å². The second kappa shape index (κ2) is 1.28. The Morgan fingerprint density at radius 3 is 1.80 bits per heavy atom. The number of nitrogens with two attached hydrogens (primary N) is 2. The van der Waals surface area contributed by atoms with Gasteiger partial charge >= 0.3 is 39.4 Å². The Hall–Kier alpha value is 0.463. The molecule has 0 aromatic rings. The molecule has 0 unspecified atom stereocenters. The van der Waals surface area contributed by atoms with Gasteiger partial charge in [0, 0.05) is 0 Å². The molecule has 0 aliphatic rings. The van der Waals surface area contributed by atoms with E-state index in [0.717, 1.165) is 0 Å². The molecule has 0 saturated heterocycles. The minimum absolute atomic E-state index is 0. The molecule has 0 bridgehead atoms. The van der Waals surface area contributed by atoms with E-state index < -0.39 is 0 Å². The van der Waals surface area contributed by atoms with Gasteiger partial charge in [0.05, 0.1) is 0 Å². The third kappa shape index (κ3) is 126. The fraction of sp³-hybridized carbons (Fsp3) is 1.00. The molecule has 0 atom stereocenters. The minimum atomic E-state index is -0.312. The molecule has 0 aromatic carbocycles. The molecular weight excluding hydrogens is 125 g/mol. The maximum absolute atomic E-state index is 5.22. The van der Waals surface area contributed by atoms with Gasteiger partial charge in [-0.3, -0.25) is 0 Å². The third-order valence-corrected chi connectivity index (χ3v) is 0. The summed E-state index contributed by atoms with van der Waals surface area (Å²) in [5.74, 6) is 0. The first-order valence-corrected chi connectivity index (χ1v) is 3.68. The number of hydrogen-bond donors (Lipinski definition) is 2. The molecule has 0 spiro atoms. The van der Waals surface area contributed by atoms with E-state index in [2.05, 4.69) is 0 Å². The van der Waals surface area contributed by atoms with Crippen molar-refractivity contribution in [2.45, 2.75) is 11.4 Å². The molecule has 2 nitrogen and oxygen atoms in total. The van der Waals surface area contributed by atoms with Crippen molar-refractivity contribution in [1.29, 1.82) is 0 Å². The van der Waals surface area contributed by atoms with Gasteiger partial charge in [0.2, 0.25) is 0 Å². The van der Waals surface area contributed by atoms with E-state index in [0.29, 0.717) is 16.5 Å². The van der Waals surface area contributed by atoms with E-state index in [1.165, 1.54) is 0 Å². The van der Waals surface area contributed by atoms with Crippen molar-refractivity contribution in [3.63, 3.8) is 0 Å². The first-order valence-electron chi connectivity index (χ1n) is 1.58. The second-order valence-corrected chi connectivity index (χ2v) is 6.34. The van der Waals surface area contributed by atoms with Crippen molar-refractivity contribution in [1.82, 2.24) is 0 Å². The Kier molecular flexibility index (Phi) is 1.40. The van der Waals surface area contributed by atoms with Gasteiger partial charge in [0.15, 0.2) is 0 Å². The molecule has 5 heavy (non-hydrogen) atoms. The second-order valence-electron chi connectivity index (χ2n) is 1.82.